The molecule has 0 fully saturated rings. The number of carbonyl (C=O) groups is 3. The Morgan fingerprint density at radius 3 is 1.78 bits per heavy atom. The minimum Gasteiger partial charge on any atom is -0.481 e. The highest BCUT2D eigenvalue weighted by Crippen LogP contribution is 2.14. The number of unbranched alkanes of at least 4 members (excludes halogenated alkanes) is 8. The number of ether oxygens (including phenoxy) is 1. The number of fused-ring (bicyclic) bond motifs is 2. The molecule has 45 heavy (non-hydrogen) atoms. The summed E-state index contributed by atoms with van der Waals surface area (Å²) in [6.07, 6.45) is 12.0. The number of hydrogen-bond donors (Lipinski definition) is 4. The first kappa shape index (κ1) is 36.6. The zero-order valence-corrected chi connectivity index (χ0v) is 26.7. The van der Waals surface area contributed by atoms with Crippen molar-refractivity contribution in [3.8, 4) is 0 Å². The molecule has 244 valence electrons. The van der Waals surface area contributed by atoms with Crippen molar-refractivity contribution in [1.29, 1.82) is 0 Å². The molecule has 0 aliphatic rings. The molecule has 4 rings (SSSR count). The predicted octanol–water partition coefficient (Wildman–Crippen LogP) is 6.71. The largest absolute Gasteiger partial charge is 0.481 e. The number of aromatic amines is 2. The first-order chi connectivity index (χ1) is 21.6. The van der Waals surface area contributed by atoms with E-state index in [0.717, 1.165) is 52.5 Å². The Balaban J connectivity index is 0.000000280. The second-order valence-corrected chi connectivity index (χ2v) is 10.8. The van der Waals surface area contributed by atoms with E-state index in [2.05, 4.69) is 37.7 Å². The quantitative estimate of drug-likeness (QED) is 0.0631. The van der Waals surface area contributed by atoms with E-state index in [9.17, 15) is 14.4 Å². The average molecular weight is 623 g/mol. The maximum Gasteiger partial charge on any atom is 0.344 e. The number of carboxylic acid groups (broad SMARTS) is 2. The van der Waals surface area contributed by atoms with Gasteiger partial charge in [0.2, 0.25) is 0 Å². The second-order valence-electron chi connectivity index (χ2n) is 10.8. The molecule has 0 radical (unpaired) electrons. The van der Waals surface area contributed by atoms with Gasteiger partial charge >= 0.3 is 17.9 Å². The van der Waals surface area contributed by atoms with Crippen molar-refractivity contribution in [3.63, 3.8) is 0 Å². The molecule has 4 N–H and O–H groups in total. The number of esters is 1. The molecular weight excluding hydrogens is 576 g/mol. The summed E-state index contributed by atoms with van der Waals surface area (Å²) in [5.41, 5.74) is 6.10. The smallest absolute Gasteiger partial charge is 0.344 e. The summed E-state index contributed by atoms with van der Waals surface area (Å²) in [5.74, 6) is -4.15. The van der Waals surface area contributed by atoms with Gasteiger partial charge in [-0.25, -0.2) is 4.79 Å². The molecule has 2 aromatic heterocycles. The molecule has 2 atom stereocenters. The van der Waals surface area contributed by atoms with Crippen molar-refractivity contribution >= 4 is 40.0 Å². The monoisotopic (exact) mass is 622 g/mol. The van der Waals surface area contributed by atoms with E-state index in [-0.39, 0.29) is 0 Å². The van der Waals surface area contributed by atoms with Crippen molar-refractivity contribution in [2.45, 2.75) is 98.0 Å². The number of nitrogens with one attached hydrogen (secondary N) is 2. The van der Waals surface area contributed by atoms with E-state index in [1.807, 2.05) is 50.2 Å². The summed E-state index contributed by atoms with van der Waals surface area (Å²) >= 11 is 0. The van der Waals surface area contributed by atoms with Crippen molar-refractivity contribution in [1.82, 2.24) is 30.8 Å². The van der Waals surface area contributed by atoms with E-state index in [1.165, 1.54) is 51.5 Å². The third-order valence-corrected chi connectivity index (χ3v) is 7.03. The average Bonchev–Trinajstić information content (AvgIpc) is 3.69. The Kier molecular flexibility index (Phi) is 16.6. The van der Waals surface area contributed by atoms with Crippen LogP contribution in [-0.2, 0) is 19.1 Å². The van der Waals surface area contributed by atoms with Crippen LogP contribution in [0, 0.1) is 19.8 Å². The number of carboxylic acids is 2. The zero-order chi connectivity index (χ0) is 33.0. The van der Waals surface area contributed by atoms with E-state index in [1.54, 1.807) is 6.08 Å². The van der Waals surface area contributed by atoms with E-state index in [0.29, 0.717) is 0 Å². The number of allylic oxidation sites excluding steroid dienone is 1. The lowest BCUT2D eigenvalue weighted by Gasteiger charge is -2.13. The molecule has 2 unspecified atom stereocenters. The minimum absolute atomic E-state index is 0.404. The van der Waals surface area contributed by atoms with Crippen LogP contribution in [-0.4, -0.2) is 65.0 Å². The summed E-state index contributed by atoms with van der Waals surface area (Å²) in [6.45, 7) is 7.47. The number of carbonyl (C=O) groups excluding carboxylic acids is 1. The number of rotatable bonds is 15. The fraction of sp³-hybridized carbons (Fsp3) is 0.485. The third kappa shape index (κ3) is 13.7. The first-order valence-electron chi connectivity index (χ1n) is 15.5. The van der Waals surface area contributed by atoms with Gasteiger partial charge in [-0.05, 0) is 56.9 Å². The highest BCUT2D eigenvalue weighted by molar-refractivity contribution is 5.83. The van der Waals surface area contributed by atoms with Crippen LogP contribution in [0.5, 0.6) is 0 Å². The number of hydrogen-bond acceptors (Lipinski definition) is 8. The second kappa shape index (κ2) is 20.4. The van der Waals surface area contributed by atoms with Crippen LogP contribution < -0.4 is 0 Å². The van der Waals surface area contributed by atoms with Gasteiger partial charge in [0, 0.05) is 0 Å². The predicted molar refractivity (Wildman–Crippen MR) is 173 cm³/mol. The number of H-pyrrole nitrogens is 2. The maximum absolute atomic E-state index is 11.9. The highest BCUT2D eigenvalue weighted by Gasteiger charge is 2.24. The van der Waals surface area contributed by atoms with E-state index < -0.39 is 36.4 Å². The molecule has 2 aromatic carbocycles. The molecule has 0 aliphatic carbocycles. The van der Waals surface area contributed by atoms with Gasteiger partial charge in [-0.15, -0.1) is 0 Å². The fourth-order valence-corrected chi connectivity index (χ4v) is 4.40. The SMILES string of the molecule is CCCCCCCCCC/C=C/C(CC(=O)O)C(=O)OC(C)C(=O)O.Cc1cccc2n[nH]nc12.Cc1cccc2n[nH]nc12. The van der Waals surface area contributed by atoms with Crippen LogP contribution in [0.1, 0.15) is 89.2 Å². The highest BCUT2D eigenvalue weighted by atomic mass is 16.6. The number of para-hydroxylation sites is 2. The minimum atomic E-state index is -1.29. The topological polar surface area (TPSA) is 184 Å². The van der Waals surface area contributed by atoms with Crippen LogP contribution in [0.15, 0.2) is 48.6 Å². The molecule has 4 aromatic rings. The number of benzene rings is 2. The Bertz CT molecular complexity index is 1430. The van der Waals surface area contributed by atoms with Gasteiger partial charge in [0.25, 0.3) is 0 Å². The van der Waals surface area contributed by atoms with Crippen molar-refractivity contribution in [3.05, 3.63) is 59.7 Å². The number of nitrogens with zero attached hydrogens (tertiary/aromatic N) is 4. The first-order valence-corrected chi connectivity index (χ1v) is 15.5. The van der Waals surface area contributed by atoms with Gasteiger partial charge < -0.3 is 14.9 Å². The molecule has 0 amide bonds. The van der Waals surface area contributed by atoms with Crippen LogP contribution >= 0.6 is 0 Å². The molecule has 0 bridgehead atoms. The summed E-state index contributed by atoms with van der Waals surface area (Å²) < 4.78 is 4.76. The van der Waals surface area contributed by atoms with Crippen molar-refractivity contribution in [2.75, 3.05) is 0 Å². The Morgan fingerprint density at radius 2 is 1.31 bits per heavy atom. The Hall–Kier alpha value is -4.61. The molecule has 12 heteroatoms. The van der Waals surface area contributed by atoms with Crippen LogP contribution in [0.4, 0.5) is 0 Å². The molecular formula is C33H46N6O6. The third-order valence-electron chi connectivity index (χ3n) is 7.03. The summed E-state index contributed by atoms with van der Waals surface area (Å²) in [6, 6.07) is 11.9. The molecule has 0 spiro atoms. The number of aromatic nitrogens is 6. The summed E-state index contributed by atoms with van der Waals surface area (Å²) in [7, 11) is 0. The van der Waals surface area contributed by atoms with Crippen molar-refractivity contribution in [2.24, 2.45) is 5.92 Å². The van der Waals surface area contributed by atoms with E-state index >= 15 is 0 Å². The van der Waals surface area contributed by atoms with Gasteiger partial charge in [-0.2, -0.15) is 30.8 Å². The van der Waals surface area contributed by atoms with Gasteiger partial charge in [0.15, 0.2) is 6.10 Å². The number of aliphatic carboxylic acids is 2. The molecule has 0 saturated heterocycles. The van der Waals surface area contributed by atoms with Gasteiger partial charge in [-0.3, -0.25) is 9.59 Å². The van der Waals surface area contributed by atoms with Crippen LogP contribution in [0.25, 0.3) is 22.1 Å². The molecule has 0 saturated carbocycles. The lowest BCUT2D eigenvalue weighted by Crippen LogP contribution is -2.28. The zero-order valence-electron chi connectivity index (χ0n) is 26.7. The standard InChI is InChI=1S/C19H32O6.2C7H7N3/c1-3-4-5-6-7-8-9-10-11-12-13-16(14-17(20)21)19(24)25-15(2)18(22)23;2*1-5-3-2-4-6-7(5)9-10-8-6/h12-13,15-16H,3-11,14H2,1-2H3,(H,20,21)(H,22,23);2*2-4H,1H3,(H,8,9,10)/b13-12+;;. The Labute approximate surface area is 263 Å². The lowest BCUT2D eigenvalue weighted by atomic mass is 10.0. The van der Waals surface area contributed by atoms with Crippen LogP contribution in [0.2, 0.25) is 0 Å². The maximum atomic E-state index is 11.9. The summed E-state index contributed by atoms with van der Waals surface area (Å²) in [5, 5.41) is 38.6. The molecule has 2 heterocycles. The van der Waals surface area contributed by atoms with Gasteiger partial charge in [0.05, 0.1) is 12.3 Å². The van der Waals surface area contributed by atoms with Gasteiger partial charge in [-0.1, -0.05) is 88.3 Å². The lowest BCUT2D eigenvalue weighted by molar-refractivity contribution is -0.165. The molecule has 12 nitrogen and oxygen atoms in total. The molecule has 0 aliphatic heterocycles. The van der Waals surface area contributed by atoms with E-state index in [4.69, 9.17) is 14.9 Å². The Morgan fingerprint density at radius 1 is 0.800 bits per heavy atom. The van der Waals surface area contributed by atoms with Gasteiger partial charge in [0.1, 0.15) is 22.1 Å². The fourth-order valence-electron chi connectivity index (χ4n) is 4.40. The van der Waals surface area contributed by atoms with Crippen molar-refractivity contribution < 1.29 is 29.3 Å². The normalized spacial score (nSPS) is 12.2. The van der Waals surface area contributed by atoms with Crippen LogP contribution in [0.3, 0.4) is 0 Å². The summed E-state index contributed by atoms with van der Waals surface area (Å²) in [4.78, 5) is 33.5. The number of aryl methyl sites for hydroxylation is 2.